The molecule has 2 heteroatoms. The zero-order valence-electron chi connectivity index (χ0n) is 41.6. The van der Waals surface area contributed by atoms with Crippen molar-refractivity contribution in [2.24, 2.45) is 0 Å². The smallest absolute Gasteiger partial charge is 0.136 e. The first-order chi connectivity index (χ1) is 37.7. The van der Waals surface area contributed by atoms with Crippen LogP contribution in [-0.2, 0) is 10.8 Å². The lowest BCUT2D eigenvalue weighted by molar-refractivity contribution is 0.623. The first-order valence-electron chi connectivity index (χ1n) is 26.3. The van der Waals surface area contributed by atoms with Crippen molar-refractivity contribution in [1.29, 1.82) is 0 Å². The van der Waals surface area contributed by atoms with Gasteiger partial charge in [0.25, 0.3) is 0 Å². The van der Waals surface area contributed by atoms with Gasteiger partial charge < -0.3 is 9.32 Å². The predicted octanol–water partition coefficient (Wildman–Crippen LogP) is 19.1. The van der Waals surface area contributed by atoms with Gasteiger partial charge in [0.1, 0.15) is 11.2 Å². The van der Waals surface area contributed by atoms with Gasteiger partial charge in [0, 0.05) is 27.8 Å². The highest BCUT2D eigenvalue weighted by atomic mass is 16.3. The van der Waals surface area contributed by atoms with Gasteiger partial charge in [-0.1, -0.05) is 243 Å². The van der Waals surface area contributed by atoms with Gasteiger partial charge in [-0.15, -0.1) is 0 Å². The Balaban J connectivity index is 0.867. The molecule has 76 heavy (non-hydrogen) atoms. The van der Waals surface area contributed by atoms with Crippen LogP contribution in [0.1, 0.15) is 44.5 Å². The SMILES string of the molecule is c1ccc(-c2ccc(N(c3ccc(-c4ccc5c(c4)oc4ccccc45)cc3)c3ccc(-c4cccc5c4-c4ccccc4C54c5ccccc5C(c5ccccc5)(c5ccccc5)c5ccccc54)cc3)cc2)cc1. The van der Waals surface area contributed by atoms with Gasteiger partial charge in [0.2, 0.25) is 0 Å². The number of benzene rings is 12. The molecule has 0 aliphatic heterocycles. The highest BCUT2D eigenvalue weighted by molar-refractivity contribution is 6.06. The van der Waals surface area contributed by atoms with E-state index in [1.54, 1.807) is 0 Å². The van der Waals surface area contributed by atoms with Crippen LogP contribution in [0.15, 0.2) is 302 Å². The van der Waals surface area contributed by atoms with E-state index in [1.807, 2.05) is 12.1 Å². The van der Waals surface area contributed by atoms with Gasteiger partial charge in [-0.2, -0.15) is 0 Å². The molecule has 356 valence electrons. The van der Waals surface area contributed by atoms with Crippen molar-refractivity contribution in [2.75, 3.05) is 4.90 Å². The second-order valence-electron chi connectivity index (χ2n) is 20.2. The molecule has 0 unspecified atom stereocenters. The first kappa shape index (κ1) is 43.8. The summed E-state index contributed by atoms with van der Waals surface area (Å²) >= 11 is 0. The molecular weight excluding hydrogens is 919 g/mol. The molecule has 2 aliphatic carbocycles. The Morgan fingerprint density at radius 1 is 0.250 bits per heavy atom. The van der Waals surface area contributed by atoms with Crippen LogP contribution in [0.25, 0.3) is 66.4 Å². The quantitative estimate of drug-likeness (QED) is 0.151. The molecule has 13 aromatic rings. The Morgan fingerprint density at radius 3 is 1.25 bits per heavy atom. The second-order valence-corrected chi connectivity index (χ2v) is 20.2. The number of rotatable bonds is 8. The van der Waals surface area contributed by atoms with Crippen LogP contribution in [0.4, 0.5) is 17.1 Å². The second kappa shape index (κ2) is 17.4. The van der Waals surface area contributed by atoms with Crippen molar-refractivity contribution in [3.8, 4) is 44.5 Å². The molecule has 1 heterocycles. The van der Waals surface area contributed by atoms with E-state index in [-0.39, 0.29) is 0 Å². The molecule has 0 N–H and O–H groups in total. The topological polar surface area (TPSA) is 16.4 Å². The molecule has 0 amide bonds. The zero-order chi connectivity index (χ0) is 50.2. The van der Waals surface area contributed by atoms with Gasteiger partial charge in [0.15, 0.2) is 0 Å². The maximum atomic E-state index is 6.30. The van der Waals surface area contributed by atoms with Crippen LogP contribution in [0, 0.1) is 0 Å². The molecule has 0 bridgehead atoms. The molecule has 2 nitrogen and oxygen atoms in total. The Labute approximate surface area is 443 Å². The van der Waals surface area contributed by atoms with E-state index in [0.29, 0.717) is 0 Å². The average molecular weight is 968 g/mol. The molecular formula is C74H49NO. The van der Waals surface area contributed by atoms with E-state index in [1.165, 1.54) is 77.9 Å². The molecule has 0 atom stereocenters. The maximum absolute atomic E-state index is 6.30. The Kier molecular flexibility index (Phi) is 10.0. The molecule has 15 rings (SSSR count). The van der Waals surface area contributed by atoms with Crippen molar-refractivity contribution in [3.63, 3.8) is 0 Å². The van der Waals surface area contributed by atoms with Gasteiger partial charge in [-0.25, -0.2) is 0 Å². The lowest BCUT2D eigenvalue weighted by atomic mass is 9.51. The van der Waals surface area contributed by atoms with Crippen molar-refractivity contribution >= 4 is 39.0 Å². The minimum absolute atomic E-state index is 0.552. The van der Waals surface area contributed by atoms with E-state index >= 15 is 0 Å². The summed E-state index contributed by atoms with van der Waals surface area (Å²) in [7, 11) is 0. The predicted molar refractivity (Wildman–Crippen MR) is 314 cm³/mol. The van der Waals surface area contributed by atoms with Gasteiger partial charge in [-0.3, -0.25) is 0 Å². The fourth-order valence-electron chi connectivity index (χ4n) is 13.3. The van der Waals surface area contributed by atoms with Crippen molar-refractivity contribution in [1.82, 2.24) is 0 Å². The van der Waals surface area contributed by atoms with Crippen LogP contribution < -0.4 is 4.90 Å². The number of anilines is 3. The molecule has 1 aromatic heterocycles. The summed E-state index contributed by atoms with van der Waals surface area (Å²) in [6.07, 6.45) is 0. The number of hydrogen-bond acceptors (Lipinski definition) is 2. The van der Waals surface area contributed by atoms with E-state index in [2.05, 4.69) is 290 Å². The number of nitrogens with zero attached hydrogens (tertiary/aromatic N) is 1. The lowest BCUT2D eigenvalue weighted by Gasteiger charge is -2.50. The normalized spacial score (nSPS) is 13.5. The number of para-hydroxylation sites is 1. The third-order valence-corrected chi connectivity index (χ3v) is 16.5. The van der Waals surface area contributed by atoms with Crippen molar-refractivity contribution in [3.05, 3.63) is 342 Å². The highest BCUT2D eigenvalue weighted by Gasteiger charge is 2.56. The molecule has 0 saturated heterocycles. The van der Waals surface area contributed by atoms with Gasteiger partial charge in [-0.05, 0) is 144 Å². The average Bonchev–Trinajstić information content (AvgIpc) is 4.05. The maximum Gasteiger partial charge on any atom is 0.136 e. The first-order valence-corrected chi connectivity index (χ1v) is 26.3. The van der Waals surface area contributed by atoms with E-state index < -0.39 is 10.8 Å². The Bertz CT molecular complexity index is 4220. The Morgan fingerprint density at radius 2 is 0.658 bits per heavy atom. The van der Waals surface area contributed by atoms with E-state index in [9.17, 15) is 0 Å². The monoisotopic (exact) mass is 967 g/mol. The van der Waals surface area contributed by atoms with Gasteiger partial charge in [0.05, 0.1) is 10.8 Å². The minimum atomic E-state index is -0.575. The molecule has 0 fully saturated rings. The summed E-state index contributed by atoms with van der Waals surface area (Å²) in [5, 5.41) is 2.27. The minimum Gasteiger partial charge on any atom is -0.456 e. The van der Waals surface area contributed by atoms with Crippen LogP contribution >= 0.6 is 0 Å². The third-order valence-electron chi connectivity index (χ3n) is 16.5. The summed E-state index contributed by atoms with van der Waals surface area (Å²) < 4.78 is 6.30. The zero-order valence-corrected chi connectivity index (χ0v) is 41.6. The van der Waals surface area contributed by atoms with Gasteiger partial charge >= 0.3 is 0 Å². The summed E-state index contributed by atoms with van der Waals surface area (Å²) in [5.74, 6) is 0. The summed E-state index contributed by atoms with van der Waals surface area (Å²) in [6.45, 7) is 0. The summed E-state index contributed by atoms with van der Waals surface area (Å²) in [6, 6.07) is 110. The fraction of sp³-hybridized carbons (Fsp3) is 0.0270. The standard InChI is InChI=1S/C74H49NO/c1-4-19-50(20-5-1)51-35-42-57(43-36-51)75(58-44-37-52(38-45-58)54-41-48-62-61-25-11-17-34-70(61)76-71(62)49-54)59-46-39-53(40-47-59)60-27-18-33-69-72(60)63-26-10-12-28-64(63)74(69)67-31-15-13-29-65(67)73(55-21-6-2-7-22-55,56-23-8-3-9-24-56)66-30-14-16-32-68(66)74/h1-49H. The highest BCUT2D eigenvalue weighted by Crippen LogP contribution is 2.65. The number of fused-ring (bicyclic) bond motifs is 12. The molecule has 0 radical (unpaired) electrons. The summed E-state index contributed by atoms with van der Waals surface area (Å²) in [5.41, 5.74) is 23.9. The van der Waals surface area contributed by atoms with Crippen LogP contribution in [0.5, 0.6) is 0 Å². The number of furan rings is 1. The molecule has 1 spiro atoms. The van der Waals surface area contributed by atoms with E-state index in [4.69, 9.17) is 4.42 Å². The molecule has 2 aliphatic rings. The van der Waals surface area contributed by atoms with Crippen molar-refractivity contribution in [2.45, 2.75) is 10.8 Å². The lowest BCUT2D eigenvalue weighted by Crippen LogP contribution is -2.44. The summed E-state index contributed by atoms with van der Waals surface area (Å²) in [4.78, 5) is 2.37. The fourth-order valence-corrected chi connectivity index (χ4v) is 13.3. The van der Waals surface area contributed by atoms with Crippen molar-refractivity contribution < 1.29 is 4.42 Å². The molecule has 0 saturated carbocycles. The molecule has 12 aromatic carbocycles. The third kappa shape index (κ3) is 6.47. The Hall–Kier alpha value is -9.76. The van der Waals surface area contributed by atoms with Crippen LogP contribution in [-0.4, -0.2) is 0 Å². The number of hydrogen-bond donors (Lipinski definition) is 0. The van der Waals surface area contributed by atoms with E-state index in [0.717, 1.165) is 50.1 Å². The van der Waals surface area contributed by atoms with Crippen LogP contribution in [0.2, 0.25) is 0 Å². The van der Waals surface area contributed by atoms with Crippen LogP contribution in [0.3, 0.4) is 0 Å². The largest absolute Gasteiger partial charge is 0.456 e.